The maximum atomic E-state index is 7.08. The Morgan fingerprint density at radius 1 is 1.04 bits per heavy atom. The Labute approximate surface area is 150 Å². The van der Waals surface area contributed by atoms with E-state index in [-0.39, 0.29) is 16.4 Å². The van der Waals surface area contributed by atoms with Gasteiger partial charge in [-0.05, 0) is 56.0 Å². The van der Waals surface area contributed by atoms with Crippen molar-refractivity contribution in [1.82, 2.24) is 0 Å². The van der Waals surface area contributed by atoms with Gasteiger partial charge in [-0.1, -0.05) is 70.6 Å². The molecule has 2 aliphatic rings. The minimum atomic E-state index is -1.74. The fraction of sp³-hybridized carbons (Fsp3) is 0.636. The molecule has 24 heavy (non-hydrogen) atoms. The van der Waals surface area contributed by atoms with E-state index in [1.807, 2.05) is 0 Å². The van der Waals surface area contributed by atoms with Gasteiger partial charge in [-0.2, -0.15) is 0 Å². The summed E-state index contributed by atoms with van der Waals surface area (Å²) in [5, 5.41) is 0. The third-order valence-electron chi connectivity index (χ3n) is 5.31. The molecule has 2 aliphatic carbocycles. The van der Waals surface area contributed by atoms with Crippen LogP contribution in [0.4, 0.5) is 0 Å². The van der Waals surface area contributed by atoms with Crippen molar-refractivity contribution in [2.45, 2.75) is 79.6 Å². The zero-order valence-electron chi connectivity index (χ0n) is 17.2. The van der Waals surface area contributed by atoms with Crippen molar-refractivity contribution in [3.8, 4) is 0 Å². The minimum Gasteiger partial charge on any atom is -0.407 e. The monoisotopic (exact) mass is 344 g/mol. The third kappa shape index (κ3) is 3.55. The van der Waals surface area contributed by atoms with Crippen LogP contribution in [0.2, 0.25) is 19.6 Å². The molecular weight excluding hydrogens is 308 g/mol. The van der Waals surface area contributed by atoms with E-state index in [0.717, 1.165) is 12.8 Å². The van der Waals surface area contributed by atoms with E-state index >= 15 is 0 Å². The molecule has 1 atom stereocenters. The van der Waals surface area contributed by atoms with Gasteiger partial charge in [0.2, 0.25) is 0 Å². The van der Waals surface area contributed by atoms with Gasteiger partial charge in [-0.3, -0.25) is 0 Å². The van der Waals surface area contributed by atoms with Crippen molar-refractivity contribution in [1.29, 1.82) is 0 Å². The molecule has 0 aliphatic heterocycles. The summed E-state index contributed by atoms with van der Waals surface area (Å²) in [5.41, 5.74) is 3.98. The highest BCUT2D eigenvalue weighted by Gasteiger charge is 2.54. The van der Waals surface area contributed by atoms with Crippen molar-refractivity contribution >= 4 is 8.32 Å². The van der Waals surface area contributed by atoms with Gasteiger partial charge in [-0.25, -0.2) is 0 Å². The lowest BCUT2D eigenvalue weighted by Crippen LogP contribution is -2.57. The second-order valence-corrected chi connectivity index (χ2v) is 14.4. The normalized spacial score (nSPS) is 25.5. The van der Waals surface area contributed by atoms with Crippen molar-refractivity contribution < 1.29 is 4.43 Å². The van der Waals surface area contributed by atoms with E-state index in [0.29, 0.717) is 0 Å². The summed E-state index contributed by atoms with van der Waals surface area (Å²) in [6.07, 6.45) is 13.7. The smallest absolute Gasteiger partial charge is 0.185 e. The summed E-state index contributed by atoms with van der Waals surface area (Å²) >= 11 is 0. The minimum absolute atomic E-state index is 0.0589. The van der Waals surface area contributed by atoms with Gasteiger partial charge < -0.3 is 4.43 Å². The fourth-order valence-corrected chi connectivity index (χ4v) is 5.63. The van der Waals surface area contributed by atoms with Crippen LogP contribution in [0.25, 0.3) is 0 Å². The molecular formula is C22H36OSi. The van der Waals surface area contributed by atoms with Crippen LogP contribution in [0.1, 0.15) is 54.4 Å². The predicted octanol–water partition coefficient (Wildman–Crippen LogP) is 6.81. The maximum Gasteiger partial charge on any atom is 0.185 e. The Morgan fingerprint density at radius 3 is 2.12 bits per heavy atom. The molecule has 0 aromatic rings. The first kappa shape index (κ1) is 19.5. The second-order valence-electron chi connectivity index (χ2n) is 9.92. The molecule has 2 rings (SSSR count). The van der Waals surface area contributed by atoms with Crippen molar-refractivity contribution in [2.24, 2.45) is 10.8 Å². The van der Waals surface area contributed by atoms with Gasteiger partial charge in [0.1, 0.15) is 0 Å². The molecule has 0 spiro atoms. The quantitative estimate of drug-likeness (QED) is 0.509. The van der Waals surface area contributed by atoms with Crippen LogP contribution in [-0.2, 0) is 4.43 Å². The molecule has 0 saturated carbocycles. The summed E-state index contributed by atoms with van der Waals surface area (Å²) in [6.45, 7) is 20.9. The number of hydrogen-bond donors (Lipinski definition) is 0. The largest absolute Gasteiger partial charge is 0.407 e. The van der Waals surface area contributed by atoms with Crippen LogP contribution >= 0.6 is 0 Å². The molecule has 2 heteroatoms. The van der Waals surface area contributed by atoms with Gasteiger partial charge in [0.25, 0.3) is 0 Å². The molecule has 1 nitrogen and oxygen atoms in total. The molecule has 0 saturated heterocycles. The first-order valence-corrected chi connectivity index (χ1v) is 12.7. The van der Waals surface area contributed by atoms with Crippen LogP contribution < -0.4 is 0 Å². The SMILES string of the molecule is CC1=CCC(O[Si](C)(C)C)(C(C)(C)C2=CCC=C2)C(C(C)(C)C)=C1. The van der Waals surface area contributed by atoms with Gasteiger partial charge in [0, 0.05) is 5.41 Å². The summed E-state index contributed by atoms with van der Waals surface area (Å²) in [6, 6.07) is 0. The van der Waals surface area contributed by atoms with Gasteiger partial charge >= 0.3 is 0 Å². The highest BCUT2D eigenvalue weighted by molar-refractivity contribution is 6.69. The summed E-state index contributed by atoms with van der Waals surface area (Å²) in [7, 11) is -1.74. The standard InChI is InChI=1S/C22H36OSi/c1-17-14-15-22(23-24(7,8)9,19(16-17)20(2,3)4)21(5,6)18-12-10-11-13-18/h10,12-14,16H,11,15H2,1-9H3. The van der Waals surface area contributed by atoms with Crippen LogP contribution in [0.5, 0.6) is 0 Å². The zero-order chi connectivity index (χ0) is 18.4. The predicted molar refractivity (Wildman–Crippen MR) is 109 cm³/mol. The molecule has 0 fully saturated rings. The Kier molecular flexibility index (Phi) is 4.98. The van der Waals surface area contributed by atoms with Gasteiger partial charge in [0.15, 0.2) is 8.32 Å². The summed E-state index contributed by atoms with van der Waals surface area (Å²) in [4.78, 5) is 0. The fourth-order valence-electron chi connectivity index (χ4n) is 4.13. The molecule has 0 amide bonds. The first-order valence-electron chi connectivity index (χ1n) is 9.26. The Balaban J connectivity index is 2.69. The van der Waals surface area contributed by atoms with Crippen molar-refractivity contribution in [2.75, 3.05) is 0 Å². The molecule has 0 radical (unpaired) electrons. The second kappa shape index (κ2) is 6.14. The van der Waals surface area contributed by atoms with E-state index in [4.69, 9.17) is 4.43 Å². The zero-order valence-corrected chi connectivity index (χ0v) is 18.2. The van der Waals surface area contributed by atoms with Gasteiger partial charge in [-0.15, -0.1) is 0 Å². The summed E-state index contributed by atoms with van der Waals surface area (Å²) in [5.74, 6) is 0. The number of hydrogen-bond acceptors (Lipinski definition) is 1. The number of allylic oxidation sites excluding steroid dienone is 5. The lowest BCUT2D eigenvalue weighted by Gasteiger charge is -2.55. The van der Waals surface area contributed by atoms with E-state index in [9.17, 15) is 0 Å². The topological polar surface area (TPSA) is 9.23 Å². The first-order chi connectivity index (χ1) is 10.8. The van der Waals surface area contributed by atoms with Crippen LogP contribution in [0.3, 0.4) is 0 Å². The van der Waals surface area contributed by atoms with Crippen LogP contribution in [0.15, 0.2) is 47.1 Å². The molecule has 0 bridgehead atoms. The number of rotatable bonds is 4. The maximum absolute atomic E-state index is 7.08. The molecule has 0 N–H and O–H groups in total. The van der Waals surface area contributed by atoms with E-state index in [1.165, 1.54) is 16.7 Å². The third-order valence-corrected chi connectivity index (χ3v) is 6.27. The molecule has 0 aromatic carbocycles. The summed E-state index contributed by atoms with van der Waals surface area (Å²) < 4.78 is 7.08. The lowest BCUT2D eigenvalue weighted by atomic mass is 9.58. The van der Waals surface area contributed by atoms with E-state index < -0.39 is 8.32 Å². The van der Waals surface area contributed by atoms with Crippen LogP contribution in [-0.4, -0.2) is 13.9 Å². The molecule has 1 unspecified atom stereocenters. The van der Waals surface area contributed by atoms with E-state index in [2.05, 4.69) is 91.6 Å². The van der Waals surface area contributed by atoms with E-state index in [1.54, 1.807) is 0 Å². The van der Waals surface area contributed by atoms with Crippen molar-refractivity contribution in [3.63, 3.8) is 0 Å². The van der Waals surface area contributed by atoms with Crippen molar-refractivity contribution in [3.05, 3.63) is 47.1 Å². The molecule has 0 aromatic heterocycles. The molecule has 0 heterocycles. The van der Waals surface area contributed by atoms with Crippen LogP contribution in [0, 0.1) is 10.8 Å². The highest BCUT2D eigenvalue weighted by atomic mass is 28.4. The Morgan fingerprint density at radius 2 is 1.67 bits per heavy atom. The van der Waals surface area contributed by atoms with Gasteiger partial charge in [0.05, 0.1) is 5.60 Å². The average Bonchev–Trinajstić information content (AvgIpc) is 2.92. The Bertz CT molecular complexity index is 617. The molecule has 134 valence electrons. The lowest BCUT2D eigenvalue weighted by molar-refractivity contribution is -0.00815. The highest BCUT2D eigenvalue weighted by Crippen LogP contribution is 2.56. The average molecular weight is 345 g/mol. The Hall–Kier alpha value is -0.863.